The summed E-state index contributed by atoms with van der Waals surface area (Å²) in [4.78, 5) is 0. The first kappa shape index (κ1) is 21.4. The molecular weight excluding hydrogens is 445 g/mol. The van der Waals surface area contributed by atoms with Crippen molar-refractivity contribution in [3.63, 3.8) is 0 Å². The number of hydrogen-bond acceptors (Lipinski definition) is 3. The Bertz CT molecular complexity index is 796. The van der Waals surface area contributed by atoms with Crippen LogP contribution < -0.4 is 14.8 Å². The molecule has 3 rings (SSSR count). The highest BCUT2D eigenvalue weighted by Crippen LogP contribution is 2.38. The van der Waals surface area contributed by atoms with Gasteiger partial charge in [0, 0.05) is 18.2 Å². The van der Waals surface area contributed by atoms with Crippen molar-refractivity contribution < 1.29 is 13.9 Å². The number of nitrogens with one attached hydrogen (secondary N) is 1. The first-order valence-electron chi connectivity index (χ1n) is 9.82. The van der Waals surface area contributed by atoms with Gasteiger partial charge in [-0.05, 0) is 65.5 Å². The van der Waals surface area contributed by atoms with E-state index in [0.717, 1.165) is 22.1 Å². The molecule has 1 N–H and O–H groups in total. The lowest BCUT2D eigenvalue weighted by molar-refractivity contribution is 0.267. The molecule has 0 amide bonds. The fraction of sp³-hybridized carbons (Fsp3) is 0.455. The monoisotopic (exact) mass is 469 g/mol. The zero-order chi connectivity index (χ0) is 19.9. The number of rotatable bonds is 8. The summed E-state index contributed by atoms with van der Waals surface area (Å²) in [6.07, 6.45) is 6.47. The molecule has 0 saturated heterocycles. The molecule has 28 heavy (non-hydrogen) atoms. The van der Waals surface area contributed by atoms with Crippen LogP contribution in [0.4, 0.5) is 4.39 Å². The highest BCUT2D eigenvalue weighted by Gasteiger charge is 2.16. The second-order valence-electron chi connectivity index (χ2n) is 7.08. The topological polar surface area (TPSA) is 30.5 Å². The fourth-order valence-corrected chi connectivity index (χ4v) is 4.31. The molecule has 0 bridgehead atoms. The van der Waals surface area contributed by atoms with E-state index in [0.29, 0.717) is 29.2 Å². The predicted molar refractivity (Wildman–Crippen MR) is 115 cm³/mol. The summed E-state index contributed by atoms with van der Waals surface area (Å²) in [6.45, 7) is 3.52. The molecule has 1 fully saturated rings. The van der Waals surface area contributed by atoms with Crippen LogP contribution in [-0.4, -0.2) is 12.6 Å². The van der Waals surface area contributed by atoms with E-state index in [1.165, 1.54) is 44.2 Å². The molecule has 2 aromatic rings. The molecule has 0 spiro atoms. The summed E-state index contributed by atoms with van der Waals surface area (Å²) in [5.74, 6) is 0.957. The largest absolute Gasteiger partial charge is 0.490 e. The first-order chi connectivity index (χ1) is 13.6. The van der Waals surface area contributed by atoms with Crippen molar-refractivity contribution in [2.75, 3.05) is 6.61 Å². The molecule has 0 aromatic heterocycles. The van der Waals surface area contributed by atoms with E-state index >= 15 is 0 Å². The second-order valence-corrected chi connectivity index (χ2v) is 8.34. The van der Waals surface area contributed by atoms with E-state index in [1.54, 1.807) is 6.07 Å². The van der Waals surface area contributed by atoms with Gasteiger partial charge in [-0.3, -0.25) is 0 Å². The third-order valence-corrected chi connectivity index (χ3v) is 5.90. The van der Waals surface area contributed by atoms with Gasteiger partial charge in [0.2, 0.25) is 0 Å². The average molecular weight is 471 g/mol. The Kier molecular flexibility index (Phi) is 8.00. The predicted octanol–water partition coefficient (Wildman–Crippen LogP) is 6.64. The molecule has 0 radical (unpaired) electrons. The third kappa shape index (κ3) is 5.85. The van der Waals surface area contributed by atoms with Crippen LogP contribution in [0.15, 0.2) is 34.8 Å². The van der Waals surface area contributed by atoms with E-state index in [2.05, 4.69) is 27.3 Å². The van der Waals surface area contributed by atoms with Gasteiger partial charge < -0.3 is 14.8 Å². The Morgan fingerprint density at radius 1 is 1.14 bits per heavy atom. The molecule has 0 atom stereocenters. The Balaban J connectivity index is 1.70. The number of ether oxygens (including phenoxy) is 2. The quantitative estimate of drug-likeness (QED) is 0.469. The SMILES string of the molecule is CCOc1cc(CNC2CCCCC2)cc(Br)c1OCc1ccc(F)cc1Cl. The van der Waals surface area contributed by atoms with Crippen molar-refractivity contribution in [1.82, 2.24) is 5.32 Å². The normalized spacial score (nSPS) is 14.9. The highest BCUT2D eigenvalue weighted by atomic mass is 79.9. The molecule has 1 aliphatic carbocycles. The van der Waals surface area contributed by atoms with Crippen molar-refractivity contribution in [3.05, 3.63) is 56.8 Å². The zero-order valence-corrected chi connectivity index (χ0v) is 18.4. The van der Waals surface area contributed by atoms with Crippen molar-refractivity contribution in [2.45, 2.75) is 58.2 Å². The first-order valence-corrected chi connectivity index (χ1v) is 11.0. The second kappa shape index (κ2) is 10.5. The van der Waals surface area contributed by atoms with Crippen molar-refractivity contribution in [2.24, 2.45) is 0 Å². The Morgan fingerprint density at radius 3 is 2.64 bits per heavy atom. The molecule has 6 heteroatoms. The van der Waals surface area contributed by atoms with E-state index in [-0.39, 0.29) is 12.4 Å². The third-order valence-electron chi connectivity index (χ3n) is 4.96. The maximum absolute atomic E-state index is 13.2. The lowest BCUT2D eigenvalue weighted by Crippen LogP contribution is -2.30. The standard InChI is InChI=1S/C22H26BrClFNO2/c1-2-27-21-11-15(13-26-18-6-4-3-5-7-18)10-19(23)22(21)28-14-16-8-9-17(25)12-20(16)24/h8-12,18,26H,2-7,13-14H2,1H3. The minimum atomic E-state index is -0.361. The van der Waals surface area contributed by atoms with Gasteiger partial charge in [0.15, 0.2) is 11.5 Å². The van der Waals surface area contributed by atoms with Crippen LogP contribution in [-0.2, 0) is 13.2 Å². The van der Waals surface area contributed by atoms with Crippen molar-refractivity contribution in [1.29, 1.82) is 0 Å². The van der Waals surface area contributed by atoms with E-state index < -0.39 is 0 Å². The van der Waals surface area contributed by atoms with Crippen molar-refractivity contribution in [3.8, 4) is 11.5 Å². The molecule has 3 nitrogen and oxygen atoms in total. The fourth-order valence-electron chi connectivity index (χ4n) is 3.48. The van der Waals surface area contributed by atoms with Crippen LogP contribution in [0.5, 0.6) is 11.5 Å². The molecule has 0 aliphatic heterocycles. The van der Waals surface area contributed by atoms with E-state index in [4.69, 9.17) is 21.1 Å². The van der Waals surface area contributed by atoms with Gasteiger partial charge in [-0.25, -0.2) is 4.39 Å². The van der Waals surface area contributed by atoms with Crippen LogP contribution in [0.3, 0.4) is 0 Å². The van der Waals surface area contributed by atoms with Gasteiger partial charge in [0.25, 0.3) is 0 Å². The highest BCUT2D eigenvalue weighted by molar-refractivity contribution is 9.10. The lowest BCUT2D eigenvalue weighted by atomic mass is 9.95. The summed E-state index contributed by atoms with van der Waals surface area (Å²) in [5.41, 5.74) is 1.87. The van der Waals surface area contributed by atoms with Crippen LogP contribution in [0.2, 0.25) is 5.02 Å². The average Bonchev–Trinajstić information content (AvgIpc) is 2.68. The minimum absolute atomic E-state index is 0.234. The van der Waals surface area contributed by atoms with Gasteiger partial charge in [0.05, 0.1) is 16.1 Å². The molecule has 0 unspecified atom stereocenters. The van der Waals surface area contributed by atoms with Gasteiger partial charge in [0.1, 0.15) is 12.4 Å². The molecule has 1 aliphatic rings. The van der Waals surface area contributed by atoms with Crippen molar-refractivity contribution >= 4 is 27.5 Å². The minimum Gasteiger partial charge on any atom is -0.490 e. The summed E-state index contributed by atoms with van der Waals surface area (Å²) in [5, 5.41) is 4.00. The van der Waals surface area contributed by atoms with Crippen LogP contribution in [0.1, 0.15) is 50.2 Å². The van der Waals surface area contributed by atoms with Gasteiger partial charge in [-0.15, -0.1) is 0 Å². The summed E-state index contributed by atoms with van der Waals surface area (Å²) in [7, 11) is 0. The molecule has 2 aromatic carbocycles. The van der Waals surface area contributed by atoms with Crippen LogP contribution in [0.25, 0.3) is 0 Å². The number of benzene rings is 2. The van der Waals surface area contributed by atoms with E-state index in [1.807, 2.05) is 13.0 Å². The summed E-state index contributed by atoms with van der Waals surface area (Å²) < 4.78 is 25.9. The maximum Gasteiger partial charge on any atom is 0.175 e. The van der Waals surface area contributed by atoms with Gasteiger partial charge in [-0.1, -0.05) is 36.9 Å². The molecule has 0 heterocycles. The van der Waals surface area contributed by atoms with Crippen LogP contribution in [0, 0.1) is 5.82 Å². The Labute approximate surface area is 179 Å². The molecular formula is C22H26BrClFNO2. The Hall–Kier alpha value is -1.30. The Morgan fingerprint density at radius 2 is 1.93 bits per heavy atom. The van der Waals surface area contributed by atoms with Crippen LogP contribution >= 0.6 is 27.5 Å². The lowest BCUT2D eigenvalue weighted by Gasteiger charge is -2.23. The maximum atomic E-state index is 13.2. The number of hydrogen-bond donors (Lipinski definition) is 1. The molecule has 1 saturated carbocycles. The van der Waals surface area contributed by atoms with E-state index in [9.17, 15) is 4.39 Å². The van der Waals surface area contributed by atoms with Gasteiger partial charge >= 0.3 is 0 Å². The molecule has 152 valence electrons. The smallest absolute Gasteiger partial charge is 0.175 e. The summed E-state index contributed by atoms with van der Waals surface area (Å²) >= 11 is 9.72. The van der Waals surface area contributed by atoms with Gasteiger partial charge in [-0.2, -0.15) is 0 Å². The number of halogens is 3. The summed E-state index contributed by atoms with van der Waals surface area (Å²) in [6, 6.07) is 8.97. The zero-order valence-electron chi connectivity index (χ0n) is 16.1.